The Kier molecular flexibility index (Phi) is 1.71. The number of carbonyl (C=O) groups excluding carboxylic acids is 3. The first-order valence-corrected chi connectivity index (χ1v) is 4.43. The number of fused-ring (bicyclic) bond motifs is 1. The molecule has 2 aliphatic rings. The van der Waals surface area contributed by atoms with E-state index in [-0.39, 0.29) is 0 Å². The lowest BCUT2D eigenvalue weighted by Crippen LogP contribution is -2.62. The quantitative estimate of drug-likeness (QED) is 0.442. The van der Waals surface area contributed by atoms with E-state index in [1.54, 1.807) is 0 Å². The number of ketones is 1. The second-order valence-electron chi connectivity index (χ2n) is 2.66. The summed E-state index contributed by atoms with van der Waals surface area (Å²) in [5, 5.41) is 7.16. The number of β-lactam (4-membered cyclic amide) rings is 1. The molecule has 0 unspecified atom stereocenters. The minimum atomic E-state index is -1.38. The monoisotopic (exact) mass is 213 g/mol. The molecule has 0 spiro atoms. The lowest BCUT2D eigenvalue weighted by molar-refractivity contribution is -0.156. The molecule has 2 aliphatic heterocycles. The van der Waals surface area contributed by atoms with E-state index in [4.69, 9.17) is 5.11 Å². The van der Waals surface area contributed by atoms with Crippen molar-refractivity contribution in [2.45, 2.75) is 5.37 Å². The van der Waals surface area contributed by atoms with Crippen molar-refractivity contribution in [1.29, 1.82) is 0 Å². The van der Waals surface area contributed by atoms with Gasteiger partial charge in [-0.2, -0.15) is 0 Å². The van der Waals surface area contributed by atoms with Crippen LogP contribution in [0.3, 0.4) is 0 Å². The molecule has 0 radical (unpaired) electrons. The van der Waals surface area contributed by atoms with Gasteiger partial charge in [0.15, 0.2) is 5.37 Å². The standard InChI is InChI=1S/C7H3NO5S/c9-3-1-2(7(12)13)8-5(11)4(10)6(8)14-3/h1,6H,(H,12,13)/t6-/m1/s1. The van der Waals surface area contributed by atoms with Crippen LogP contribution >= 0.6 is 11.8 Å². The van der Waals surface area contributed by atoms with Gasteiger partial charge in [0.2, 0.25) is 5.12 Å². The average Bonchev–Trinajstić information content (AvgIpc) is 2.15. The molecule has 1 fully saturated rings. The molecule has 2 rings (SSSR count). The fourth-order valence-corrected chi connectivity index (χ4v) is 2.14. The zero-order valence-electron chi connectivity index (χ0n) is 6.59. The zero-order chi connectivity index (χ0) is 10.5. The zero-order valence-corrected chi connectivity index (χ0v) is 7.41. The molecule has 0 bridgehead atoms. The van der Waals surface area contributed by atoms with Crippen LogP contribution in [0, 0.1) is 0 Å². The highest BCUT2D eigenvalue weighted by Crippen LogP contribution is 2.35. The molecule has 1 N–H and O–H groups in total. The minimum absolute atomic E-state index is 0.427. The van der Waals surface area contributed by atoms with Gasteiger partial charge in [-0.1, -0.05) is 0 Å². The van der Waals surface area contributed by atoms with Crippen molar-refractivity contribution in [2.75, 3.05) is 0 Å². The number of carboxylic acids is 1. The normalized spacial score (nSPS) is 25.4. The molecule has 7 heteroatoms. The number of thioether (sulfide) groups is 1. The summed E-state index contributed by atoms with van der Waals surface area (Å²) >= 11 is 0.646. The van der Waals surface area contributed by atoms with Crippen LogP contribution in [0.4, 0.5) is 0 Å². The Morgan fingerprint density at radius 3 is 2.64 bits per heavy atom. The highest BCUT2D eigenvalue weighted by atomic mass is 32.2. The van der Waals surface area contributed by atoms with E-state index >= 15 is 0 Å². The van der Waals surface area contributed by atoms with Crippen LogP contribution in [-0.2, 0) is 19.2 Å². The first-order valence-electron chi connectivity index (χ1n) is 3.55. The third-order valence-electron chi connectivity index (χ3n) is 1.85. The summed E-state index contributed by atoms with van der Waals surface area (Å²) in [6, 6.07) is 0. The summed E-state index contributed by atoms with van der Waals surface area (Å²) < 4.78 is 0. The van der Waals surface area contributed by atoms with E-state index in [2.05, 4.69) is 0 Å². The van der Waals surface area contributed by atoms with Crippen molar-refractivity contribution in [3.63, 3.8) is 0 Å². The first-order chi connectivity index (χ1) is 6.52. The maximum absolute atomic E-state index is 11.0. The fraction of sp³-hybridized carbons (Fsp3) is 0.143. The molecule has 0 aromatic carbocycles. The van der Waals surface area contributed by atoms with Gasteiger partial charge in [0.05, 0.1) is 0 Å². The van der Waals surface area contributed by atoms with Crippen molar-refractivity contribution in [2.24, 2.45) is 0 Å². The Balaban J connectivity index is 2.41. The van der Waals surface area contributed by atoms with Crippen LogP contribution in [0.5, 0.6) is 0 Å². The molecule has 6 nitrogen and oxygen atoms in total. The molecule has 1 amide bonds. The minimum Gasteiger partial charge on any atom is -0.477 e. The van der Waals surface area contributed by atoms with Crippen LogP contribution in [0.1, 0.15) is 0 Å². The number of hydrogen-bond acceptors (Lipinski definition) is 5. The highest BCUT2D eigenvalue weighted by Gasteiger charge is 2.53. The van der Waals surface area contributed by atoms with Crippen molar-refractivity contribution >= 4 is 34.5 Å². The fourth-order valence-electron chi connectivity index (χ4n) is 1.21. The van der Waals surface area contributed by atoms with Crippen LogP contribution < -0.4 is 0 Å². The van der Waals surface area contributed by atoms with Crippen molar-refractivity contribution in [3.8, 4) is 0 Å². The molecule has 72 valence electrons. The Morgan fingerprint density at radius 2 is 2.07 bits per heavy atom. The lowest BCUT2D eigenvalue weighted by Gasteiger charge is -2.39. The first kappa shape index (κ1) is 8.95. The topological polar surface area (TPSA) is 91.8 Å². The summed E-state index contributed by atoms with van der Waals surface area (Å²) in [6.07, 6.45) is 0.841. The molecular weight excluding hydrogens is 210 g/mol. The van der Waals surface area contributed by atoms with Gasteiger partial charge < -0.3 is 5.11 Å². The largest absolute Gasteiger partial charge is 0.477 e. The van der Waals surface area contributed by atoms with E-state index in [9.17, 15) is 19.2 Å². The maximum atomic E-state index is 11.0. The van der Waals surface area contributed by atoms with E-state index < -0.39 is 33.8 Å². The molecule has 2 heterocycles. The molecule has 0 aromatic heterocycles. The van der Waals surface area contributed by atoms with Crippen LogP contribution in [-0.4, -0.2) is 38.2 Å². The van der Waals surface area contributed by atoms with E-state index in [0.717, 1.165) is 11.0 Å². The van der Waals surface area contributed by atoms with Gasteiger partial charge in [-0.15, -0.1) is 0 Å². The van der Waals surface area contributed by atoms with Crippen molar-refractivity contribution in [3.05, 3.63) is 11.8 Å². The van der Waals surface area contributed by atoms with Gasteiger partial charge in [0.25, 0.3) is 11.7 Å². The van der Waals surface area contributed by atoms with Crippen molar-refractivity contribution in [1.82, 2.24) is 4.90 Å². The molecule has 14 heavy (non-hydrogen) atoms. The Morgan fingerprint density at radius 1 is 1.43 bits per heavy atom. The third kappa shape index (κ3) is 0.987. The second kappa shape index (κ2) is 2.68. The number of hydrogen-bond donors (Lipinski definition) is 1. The predicted octanol–water partition coefficient (Wildman–Crippen LogP) is -1.03. The second-order valence-corrected chi connectivity index (χ2v) is 3.75. The molecule has 1 saturated heterocycles. The molecule has 0 saturated carbocycles. The van der Waals surface area contributed by atoms with E-state index in [1.807, 2.05) is 0 Å². The molecule has 0 aliphatic carbocycles. The summed E-state index contributed by atoms with van der Waals surface area (Å²) in [5.41, 5.74) is -0.427. The predicted molar refractivity (Wildman–Crippen MR) is 44.0 cm³/mol. The summed E-state index contributed by atoms with van der Waals surface area (Å²) in [5.74, 6) is -2.98. The molecule has 0 aromatic rings. The van der Waals surface area contributed by atoms with Gasteiger partial charge in [-0.05, 0) is 11.8 Å². The number of aliphatic carboxylic acids is 1. The summed E-state index contributed by atoms with van der Waals surface area (Å²) in [6.45, 7) is 0. The number of nitrogens with zero attached hydrogens (tertiary/aromatic N) is 1. The Labute approximate surface area is 81.6 Å². The van der Waals surface area contributed by atoms with Gasteiger partial charge in [0.1, 0.15) is 5.70 Å². The number of carbonyl (C=O) groups is 4. The molecular formula is C7H3NO5S. The number of rotatable bonds is 1. The number of Topliss-reactive ketones (excluding diaryl/α,β-unsaturated/α-hetero) is 1. The van der Waals surface area contributed by atoms with Crippen LogP contribution in [0.15, 0.2) is 11.8 Å². The van der Waals surface area contributed by atoms with Gasteiger partial charge >= 0.3 is 5.97 Å². The van der Waals surface area contributed by atoms with Gasteiger partial charge in [0, 0.05) is 6.08 Å². The number of carboxylic acid groups (broad SMARTS) is 1. The summed E-state index contributed by atoms with van der Waals surface area (Å²) in [7, 11) is 0. The van der Waals surface area contributed by atoms with E-state index in [1.165, 1.54) is 0 Å². The average molecular weight is 213 g/mol. The maximum Gasteiger partial charge on any atom is 0.352 e. The highest BCUT2D eigenvalue weighted by molar-refractivity contribution is 8.15. The van der Waals surface area contributed by atoms with Crippen molar-refractivity contribution < 1.29 is 24.3 Å². The van der Waals surface area contributed by atoms with E-state index in [0.29, 0.717) is 11.8 Å². The Bertz CT molecular complexity index is 412. The van der Waals surface area contributed by atoms with Crippen LogP contribution in [0.25, 0.3) is 0 Å². The van der Waals surface area contributed by atoms with Gasteiger partial charge in [-0.3, -0.25) is 19.3 Å². The van der Waals surface area contributed by atoms with Crippen LogP contribution in [0.2, 0.25) is 0 Å². The van der Waals surface area contributed by atoms with Gasteiger partial charge in [-0.25, -0.2) is 4.79 Å². The summed E-state index contributed by atoms with van der Waals surface area (Å²) in [4.78, 5) is 44.3. The SMILES string of the molecule is O=C1C=C(C(=O)O)N2C(=O)C(=O)[C@H]2S1. The lowest BCUT2D eigenvalue weighted by atomic mass is 10.1. The smallest absolute Gasteiger partial charge is 0.352 e. The Hall–Kier alpha value is -1.63. The molecule has 1 atom stereocenters. The number of amides is 1. The third-order valence-corrected chi connectivity index (χ3v) is 2.85.